The maximum absolute atomic E-state index is 12.2. The Hall–Kier alpha value is -2.15. The number of rotatable bonds is 5. The molecular weight excluding hydrogens is 318 g/mol. The van der Waals surface area contributed by atoms with E-state index in [0.717, 1.165) is 32.0 Å². The topological polar surface area (TPSA) is 68.8 Å². The lowest BCUT2D eigenvalue weighted by atomic mass is 10.1. The van der Waals surface area contributed by atoms with Crippen molar-refractivity contribution in [3.8, 4) is 0 Å². The van der Waals surface area contributed by atoms with Crippen LogP contribution in [0.15, 0.2) is 18.3 Å². The lowest BCUT2D eigenvalue weighted by molar-refractivity contribution is -0.136. The van der Waals surface area contributed by atoms with E-state index in [1.54, 1.807) is 6.20 Å². The van der Waals surface area contributed by atoms with Gasteiger partial charge in [0.1, 0.15) is 5.82 Å². The highest BCUT2D eigenvalue weighted by Crippen LogP contribution is 2.19. The molecule has 25 heavy (non-hydrogen) atoms. The summed E-state index contributed by atoms with van der Waals surface area (Å²) in [5, 5.41) is 2.87. The molecule has 2 fully saturated rings. The van der Waals surface area contributed by atoms with Crippen LogP contribution in [0.1, 0.15) is 26.2 Å². The molecule has 0 spiro atoms. The minimum absolute atomic E-state index is 0.0918. The first-order valence-corrected chi connectivity index (χ1v) is 9.16. The maximum atomic E-state index is 12.2. The molecular formula is C18H27N5O2. The fourth-order valence-electron chi connectivity index (χ4n) is 3.40. The second-order valence-electron chi connectivity index (χ2n) is 6.69. The van der Waals surface area contributed by atoms with Crippen LogP contribution >= 0.6 is 0 Å². The van der Waals surface area contributed by atoms with Crippen molar-refractivity contribution in [2.75, 3.05) is 56.0 Å². The Morgan fingerprint density at radius 3 is 2.60 bits per heavy atom. The Balaban J connectivity index is 1.48. The third kappa shape index (κ3) is 4.69. The molecule has 0 radical (unpaired) electrons. The molecule has 136 valence electrons. The number of hydrogen-bond donors (Lipinski definition) is 1. The number of hydrogen-bond acceptors (Lipinski definition) is 5. The molecule has 1 N–H and O–H groups in total. The molecule has 0 atom stereocenters. The van der Waals surface area contributed by atoms with E-state index >= 15 is 0 Å². The predicted octanol–water partition coefficient (Wildman–Crippen LogP) is 1.17. The highest BCUT2D eigenvalue weighted by atomic mass is 16.2. The van der Waals surface area contributed by atoms with Crippen LogP contribution in [0.25, 0.3) is 0 Å². The molecule has 2 amide bonds. The summed E-state index contributed by atoms with van der Waals surface area (Å²) in [6.45, 7) is 6.78. The lowest BCUT2D eigenvalue weighted by Gasteiger charge is -2.33. The molecule has 1 aromatic rings. The molecule has 7 heteroatoms. The molecule has 3 rings (SSSR count). The normalized spacial score (nSPS) is 19.2. The largest absolute Gasteiger partial charge is 0.357 e. The van der Waals surface area contributed by atoms with E-state index < -0.39 is 0 Å². The fourth-order valence-corrected chi connectivity index (χ4v) is 3.40. The van der Waals surface area contributed by atoms with Gasteiger partial charge in [-0.25, -0.2) is 4.98 Å². The Morgan fingerprint density at radius 2 is 1.96 bits per heavy atom. The van der Waals surface area contributed by atoms with Crippen LogP contribution < -0.4 is 10.2 Å². The average Bonchev–Trinajstić information content (AvgIpc) is 2.63. The fraction of sp³-hybridized carbons (Fsp3) is 0.611. The van der Waals surface area contributed by atoms with Crippen LogP contribution in [-0.4, -0.2) is 72.4 Å². The minimum Gasteiger partial charge on any atom is -0.357 e. The van der Waals surface area contributed by atoms with Crippen LogP contribution in [0, 0.1) is 0 Å². The van der Waals surface area contributed by atoms with Gasteiger partial charge in [0.2, 0.25) is 11.8 Å². The molecule has 2 aliphatic rings. The van der Waals surface area contributed by atoms with Gasteiger partial charge < -0.3 is 15.1 Å². The van der Waals surface area contributed by atoms with Crippen LogP contribution in [0.2, 0.25) is 0 Å². The summed E-state index contributed by atoms with van der Waals surface area (Å²) in [6, 6.07) is 3.86. The van der Waals surface area contributed by atoms with Crippen LogP contribution in [0.5, 0.6) is 0 Å². The van der Waals surface area contributed by atoms with Crippen molar-refractivity contribution in [3.63, 3.8) is 0 Å². The second-order valence-corrected chi connectivity index (χ2v) is 6.69. The van der Waals surface area contributed by atoms with E-state index in [1.165, 1.54) is 19.3 Å². The zero-order chi connectivity index (χ0) is 17.6. The number of anilines is 2. The summed E-state index contributed by atoms with van der Waals surface area (Å²) >= 11 is 0. The Labute approximate surface area is 149 Å². The highest BCUT2D eigenvalue weighted by Gasteiger charge is 2.24. The lowest BCUT2D eigenvalue weighted by Crippen LogP contribution is -2.51. The van der Waals surface area contributed by atoms with Gasteiger partial charge in [-0.2, -0.15) is 0 Å². The quantitative estimate of drug-likeness (QED) is 0.868. The SMILES string of the molecule is CCN1CCN(CC(=O)Nc2ccc(N3CCCCC3)nc2)CC1=O. The summed E-state index contributed by atoms with van der Waals surface area (Å²) in [4.78, 5) is 34.6. The van der Waals surface area contributed by atoms with E-state index in [4.69, 9.17) is 0 Å². The summed E-state index contributed by atoms with van der Waals surface area (Å²) in [7, 11) is 0. The number of likely N-dealkylation sites (N-methyl/N-ethyl adjacent to an activating group) is 1. The predicted molar refractivity (Wildman–Crippen MR) is 97.6 cm³/mol. The number of pyridine rings is 1. The molecule has 0 aliphatic carbocycles. The number of carbonyl (C=O) groups is 2. The zero-order valence-electron chi connectivity index (χ0n) is 14.9. The van der Waals surface area contributed by atoms with E-state index in [0.29, 0.717) is 18.8 Å². The number of nitrogens with zero attached hydrogens (tertiary/aromatic N) is 4. The Kier molecular flexibility index (Phi) is 5.86. The van der Waals surface area contributed by atoms with Crippen molar-refractivity contribution in [2.24, 2.45) is 0 Å². The van der Waals surface area contributed by atoms with Gasteiger partial charge in [0.25, 0.3) is 0 Å². The molecule has 0 unspecified atom stereocenters. The van der Waals surface area contributed by atoms with Crippen molar-refractivity contribution >= 4 is 23.3 Å². The number of aromatic nitrogens is 1. The number of amides is 2. The van der Waals surface area contributed by atoms with E-state index in [1.807, 2.05) is 28.9 Å². The van der Waals surface area contributed by atoms with Gasteiger partial charge in [-0.05, 0) is 38.3 Å². The minimum atomic E-state index is -0.106. The first-order chi connectivity index (χ1) is 12.2. The third-order valence-electron chi connectivity index (χ3n) is 4.86. The van der Waals surface area contributed by atoms with Gasteiger partial charge in [-0.15, -0.1) is 0 Å². The third-order valence-corrected chi connectivity index (χ3v) is 4.86. The molecule has 0 aromatic carbocycles. The molecule has 7 nitrogen and oxygen atoms in total. The van der Waals surface area contributed by atoms with Crippen LogP contribution in [0.4, 0.5) is 11.5 Å². The Bertz CT molecular complexity index is 598. The number of carbonyl (C=O) groups excluding carboxylic acids is 2. The van der Waals surface area contributed by atoms with Gasteiger partial charge in [-0.3, -0.25) is 14.5 Å². The first-order valence-electron chi connectivity index (χ1n) is 9.16. The van der Waals surface area contributed by atoms with Crippen molar-refractivity contribution in [2.45, 2.75) is 26.2 Å². The first kappa shape index (κ1) is 17.7. The molecule has 2 aliphatic heterocycles. The number of nitrogens with one attached hydrogen (secondary N) is 1. The number of piperazine rings is 1. The standard InChI is InChI=1S/C18H27N5O2/c1-2-22-11-10-21(14-18(22)25)13-17(24)20-15-6-7-16(19-12-15)23-8-4-3-5-9-23/h6-7,12H,2-5,8-11,13-14H2,1H3,(H,20,24). The van der Waals surface area contributed by atoms with Crippen molar-refractivity contribution < 1.29 is 9.59 Å². The van der Waals surface area contributed by atoms with Crippen LogP contribution in [-0.2, 0) is 9.59 Å². The van der Waals surface area contributed by atoms with Gasteiger partial charge in [0.05, 0.1) is 25.0 Å². The molecule has 2 saturated heterocycles. The highest BCUT2D eigenvalue weighted by molar-refractivity contribution is 5.92. The maximum Gasteiger partial charge on any atom is 0.238 e. The summed E-state index contributed by atoms with van der Waals surface area (Å²) in [5.41, 5.74) is 0.698. The summed E-state index contributed by atoms with van der Waals surface area (Å²) in [6.07, 6.45) is 5.43. The van der Waals surface area contributed by atoms with E-state index in [2.05, 4.69) is 15.2 Å². The smallest absolute Gasteiger partial charge is 0.238 e. The molecule has 0 bridgehead atoms. The monoisotopic (exact) mass is 345 g/mol. The van der Waals surface area contributed by atoms with Crippen molar-refractivity contribution in [1.29, 1.82) is 0 Å². The van der Waals surface area contributed by atoms with Gasteiger partial charge in [0, 0.05) is 32.7 Å². The summed E-state index contributed by atoms with van der Waals surface area (Å²) < 4.78 is 0. The average molecular weight is 345 g/mol. The van der Waals surface area contributed by atoms with Gasteiger partial charge >= 0.3 is 0 Å². The van der Waals surface area contributed by atoms with Crippen molar-refractivity contribution in [1.82, 2.24) is 14.8 Å². The van der Waals surface area contributed by atoms with E-state index in [-0.39, 0.29) is 18.4 Å². The van der Waals surface area contributed by atoms with Gasteiger partial charge in [0.15, 0.2) is 0 Å². The summed E-state index contributed by atoms with van der Waals surface area (Å²) in [5.74, 6) is 0.957. The van der Waals surface area contributed by atoms with Gasteiger partial charge in [-0.1, -0.05) is 0 Å². The van der Waals surface area contributed by atoms with Crippen LogP contribution in [0.3, 0.4) is 0 Å². The second kappa shape index (κ2) is 8.29. The molecule has 3 heterocycles. The van der Waals surface area contributed by atoms with Crippen molar-refractivity contribution in [3.05, 3.63) is 18.3 Å². The Morgan fingerprint density at radius 1 is 1.16 bits per heavy atom. The van der Waals surface area contributed by atoms with E-state index in [9.17, 15) is 9.59 Å². The zero-order valence-corrected chi connectivity index (χ0v) is 14.9. The number of piperidine rings is 1. The molecule has 1 aromatic heterocycles. The molecule has 0 saturated carbocycles.